The number of aliphatic hydroxyl groups excluding tert-OH is 1. The Morgan fingerprint density at radius 2 is 1.83 bits per heavy atom. The lowest BCUT2D eigenvalue weighted by Crippen LogP contribution is -2.10. The number of rotatable bonds is 2. The van der Waals surface area contributed by atoms with Crippen molar-refractivity contribution in [3.63, 3.8) is 0 Å². The number of hydrogen-bond acceptors (Lipinski definition) is 3. The molecule has 1 heterocycles. The van der Waals surface area contributed by atoms with E-state index >= 15 is 0 Å². The molecule has 0 spiro atoms. The van der Waals surface area contributed by atoms with E-state index < -0.39 is 6.10 Å². The molecule has 1 N–H and O–H groups in total. The maximum absolute atomic E-state index is 9.91. The van der Waals surface area contributed by atoms with Gasteiger partial charge in [0.05, 0.1) is 11.6 Å². The van der Waals surface area contributed by atoms with Gasteiger partial charge >= 0.3 is 0 Å². The molecule has 18 heavy (non-hydrogen) atoms. The van der Waals surface area contributed by atoms with Gasteiger partial charge in [-0.25, -0.2) is 0 Å². The van der Waals surface area contributed by atoms with Crippen molar-refractivity contribution in [2.45, 2.75) is 26.9 Å². The number of aryl methyl sites for hydroxylation is 2. The smallest absolute Gasteiger partial charge is 0.0784 e. The van der Waals surface area contributed by atoms with Crippen LogP contribution >= 0.6 is 0 Å². The van der Waals surface area contributed by atoms with Crippen LogP contribution in [-0.2, 0) is 0 Å². The van der Waals surface area contributed by atoms with Crippen molar-refractivity contribution in [1.29, 1.82) is 0 Å². The highest BCUT2D eigenvalue weighted by molar-refractivity contribution is 5.94. The summed E-state index contributed by atoms with van der Waals surface area (Å²) in [6.45, 7) is 5.82. The molecule has 96 valence electrons. The number of aliphatic hydroxyl groups is 1. The summed E-state index contributed by atoms with van der Waals surface area (Å²) < 4.78 is 0. The summed E-state index contributed by atoms with van der Waals surface area (Å²) >= 11 is 0. The van der Waals surface area contributed by atoms with Gasteiger partial charge in [0.25, 0.3) is 0 Å². The molecule has 1 unspecified atom stereocenters. The summed E-state index contributed by atoms with van der Waals surface area (Å²) in [4.78, 5) is 6.68. The van der Waals surface area contributed by atoms with Gasteiger partial charge in [-0.1, -0.05) is 6.07 Å². The third kappa shape index (κ3) is 2.18. The highest BCUT2D eigenvalue weighted by Gasteiger charge is 2.13. The second-order valence-corrected chi connectivity index (χ2v) is 5.10. The highest BCUT2D eigenvalue weighted by atomic mass is 16.3. The van der Waals surface area contributed by atoms with Crippen molar-refractivity contribution in [2.24, 2.45) is 0 Å². The number of pyridine rings is 1. The zero-order valence-electron chi connectivity index (χ0n) is 11.7. The molecule has 1 atom stereocenters. The molecule has 1 aromatic carbocycles. The van der Waals surface area contributed by atoms with Crippen LogP contribution in [0.2, 0.25) is 0 Å². The molecule has 0 aliphatic heterocycles. The van der Waals surface area contributed by atoms with Crippen LogP contribution in [0.15, 0.2) is 18.2 Å². The van der Waals surface area contributed by atoms with Gasteiger partial charge in [-0.15, -0.1) is 0 Å². The normalized spacial score (nSPS) is 12.8. The fraction of sp³-hybridized carbons (Fsp3) is 0.400. The topological polar surface area (TPSA) is 36.4 Å². The first kappa shape index (κ1) is 12.8. The first-order valence-corrected chi connectivity index (χ1v) is 6.17. The SMILES string of the molecule is Cc1cc(C(C)O)c2nc(C)cc(N(C)C)c2c1. The van der Waals surface area contributed by atoms with E-state index in [9.17, 15) is 5.11 Å². The average Bonchev–Trinajstić information content (AvgIpc) is 2.27. The second-order valence-electron chi connectivity index (χ2n) is 5.10. The van der Waals surface area contributed by atoms with Crippen LogP contribution in [-0.4, -0.2) is 24.2 Å². The molecule has 0 saturated carbocycles. The summed E-state index contributed by atoms with van der Waals surface area (Å²) in [6, 6.07) is 6.22. The van der Waals surface area contributed by atoms with Crippen molar-refractivity contribution >= 4 is 16.6 Å². The van der Waals surface area contributed by atoms with Crippen LogP contribution in [0, 0.1) is 13.8 Å². The minimum Gasteiger partial charge on any atom is -0.389 e. The summed E-state index contributed by atoms with van der Waals surface area (Å²) in [7, 11) is 4.05. The molecule has 2 aromatic rings. The maximum atomic E-state index is 9.91. The van der Waals surface area contributed by atoms with Crippen LogP contribution in [0.3, 0.4) is 0 Å². The standard InChI is InChI=1S/C15H20N2O/c1-9-6-12(11(3)18)15-13(7-9)14(17(4)5)8-10(2)16-15/h6-8,11,18H,1-5H3. The lowest BCUT2D eigenvalue weighted by Gasteiger charge is -2.19. The predicted molar refractivity (Wildman–Crippen MR) is 76.2 cm³/mol. The van der Waals surface area contributed by atoms with Crippen LogP contribution in [0.25, 0.3) is 10.9 Å². The Balaban J connectivity index is 2.89. The fourth-order valence-corrected chi connectivity index (χ4v) is 2.30. The molecular weight excluding hydrogens is 224 g/mol. The van der Waals surface area contributed by atoms with Crippen molar-refractivity contribution in [1.82, 2.24) is 4.98 Å². The summed E-state index contributed by atoms with van der Waals surface area (Å²) in [5.74, 6) is 0. The summed E-state index contributed by atoms with van der Waals surface area (Å²) in [5.41, 5.74) is 5.06. The molecule has 0 amide bonds. The molecule has 3 heteroatoms. The van der Waals surface area contributed by atoms with Gasteiger partial charge in [-0.05, 0) is 38.5 Å². The van der Waals surface area contributed by atoms with Gasteiger partial charge in [-0.3, -0.25) is 4.98 Å². The number of nitrogens with zero attached hydrogens (tertiary/aromatic N) is 2. The van der Waals surface area contributed by atoms with Crippen molar-refractivity contribution < 1.29 is 5.11 Å². The molecule has 0 saturated heterocycles. The van der Waals surface area contributed by atoms with E-state index in [4.69, 9.17) is 0 Å². The van der Waals surface area contributed by atoms with E-state index in [0.717, 1.165) is 33.4 Å². The Morgan fingerprint density at radius 1 is 1.17 bits per heavy atom. The van der Waals surface area contributed by atoms with Crippen LogP contribution in [0.1, 0.15) is 29.8 Å². The van der Waals surface area contributed by atoms with Crippen molar-refractivity contribution in [3.05, 3.63) is 35.0 Å². The largest absolute Gasteiger partial charge is 0.389 e. The van der Waals surface area contributed by atoms with E-state index in [0.29, 0.717) is 0 Å². The molecular formula is C15H20N2O. The third-order valence-corrected chi connectivity index (χ3v) is 3.13. The van der Waals surface area contributed by atoms with Gasteiger partial charge in [0.2, 0.25) is 0 Å². The monoisotopic (exact) mass is 244 g/mol. The van der Waals surface area contributed by atoms with E-state index in [2.05, 4.69) is 22.0 Å². The Labute approximate surface area is 108 Å². The molecule has 0 bridgehead atoms. The number of benzene rings is 1. The lowest BCUT2D eigenvalue weighted by molar-refractivity contribution is 0.200. The van der Waals surface area contributed by atoms with Gasteiger partial charge in [0.15, 0.2) is 0 Å². The number of anilines is 1. The van der Waals surface area contributed by atoms with Gasteiger partial charge in [0, 0.05) is 36.4 Å². The molecule has 0 aliphatic carbocycles. The summed E-state index contributed by atoms with van der Waals surface area (Å²) in [6.07, 6.45) is -0.503. The second kappa shape index (κ2) is 4.58. The summed E-state index contributed by atoms with van der Waals surface area (Å²) in [5, 5.41) is 11.0. The average molecular weight is 244 g/mol. The minimum atomic E-state index is -0.503. The van der Waals surface area contributed by atoms with E-state index in [1.54, 1.807) is 6.92 Å². The van der Waals surface area contributed by atoms with Gasteiger partial charge < -0.3 is 10.0 Å². The first-order chi connectivity index (χ1) is 8.40. The predicted octanol–water partition coefficient (Wildman–Crippen LogP) is 2.97. The van der Waals surface area contributed by atoms with Crippen LogP contribution < -0.4 is 4.90 Å². The molecule has 0 aliphatic rings. The third-order valence-electron chi connectivity index (χ3n) is 3.13. The Morgan fingerprint density at radius 3 is 2.39 bits per heavy atom. The van der Waals surface area contributed by atoms with Crippen LogP contribution in [0.5, 0.6) is 0 Å². The highest BCUT2D eigenvalue weighted by Crippen LogP contribution is 2.31. The fourth-order valence-electron chi connectivity index (χ4n) is 2.30. The number of fused-ring (bicyclic) bond motifs is 1. The zero-order valence-corrected chi connectivity index (χ0v) is 11.7. The molecule has 0 fully saturated rings. The quantitative estimate of drug-likeness (QED) is 0.882. The first-order valence-electron chi connectivity index (χ1n) is 6.17. The Bertz CT molecular complexity index is 535. The lowest BCUT2D eigenvalue weighted by atomic mass is 10.0. The number of aromatic nitrogens is 1. The molecule has 3 nitrogen and oxygen atoms in total. The van der Waals surface area contributed by atoms with E-state index in [1.807, 2.05) is 34.0 Å². The van der Waals surface area contributed by atoms with Gasteiger partial charge in [-0.2, -0.15) is 0 Å². The number of hydrogen-bond donors (Lipinski definition) is 1. The molecule has 1 aromatic heterocycles. The molecule has 2 rings (SSSR count). The van der Waals surface area contributed by atoms with E-state index in [-0.39, 0.29) is 0 Å². The minimum absolute atomic E-state index is 0.503. The van der Waals surface area contributed by atoms with E-state index in [1.165, 1.54) is 0 Å². The van der Waals surface area contributed by atoms with Gasteiger partial charge in [0.1, 0.15) is 0 Å². The van der Waals surface area contributed by atoms with Crippen molar-refractivity contribution in [2.75, 3.05) is 19.0 Å². The molecule has 0 radical (unpaired) electrons. The zero-order chi connectivity index (χ0) is 13.4. The maximum Gasteiger partial charge on any atom is 0.0784 e. The van der Waals surface area contributed by atoms with Crippen molar-refractivity contribution in [3.8, 4) is 0 Å². The Kier molecular flexibility index (Phi) is 3.26. The van der Waals surface area contributed by atoms with Crippen LogP contribution in [0.4, 0.5) is 5.69 Å². The Hall–Kier alpha value is -1.61.